The molecule has 0 amide bonds. The number of hydrogen-bond acceptors (Lipinski definition) is 20. The van der Waals surface area contributed by atoms with Crippen LogP contribution in [0.5, 0.6) is 0 Å². The van der Waals surface area contributed by atoms with Gasteiger partial charge < -0.3 is 37.9 Å². The summed E-state index contributed by atoms with van der Waals surface area (Å²) >= 11 is 0. The fourth-order valence-corrected chi connectivity index (χ4v) is 13.8. The Morgan fingerprint density at radius 1 is 0.321 bits per heavy atom. The number of nitriles is 4. The molecule has 4 aromatic heterocycles. The van der Waals surface area contributed by atoms with Crippen molar-refractivity contribution in [3.8, 4) is 24.3 Å². The largest absolute Gasteiger partial charge is 0.491 e. The highest BCUT2D eigenvalue weighted by Crippen LogP contribution is 2.39. The summed E-state index contributed by atoms with van der Waals surface area (Å²) in [5.41, 5.74) is 18.3. The fraction of sp³-hybridized carbons (Fsp3) is 0.402. The quantitative estimate of drug-likeness (QED) is 0.0138. The molecule has 0 aliphatic carbocycles. The number of aromatic nitrogens is 8. The van der Waals surface area contributed by atoms with E-state index in [0.29, 0.717) is 106 Å². The van der Waals surface area contributed by atoms with Gasteiger partial charge in [0.2, 0.25) is 27.2 Å². The van der Waals surface area contributed by atoms with Crippen LogP contribution in [0.2, 0.25) is 0 Å². The van der Waals surface area contributed by atoms with Crippen molar-refractivity contribution in [2.75, 3.05) is 27.2 Å². The average Bonchev–Trinajstić information content (AvgIpc) is 1.66. The van der Waals surface area contributed by atoms with Gasteiger partial charge in [-0.15, -0.1) is 0 Å². The lowest BCUT2D eigenvalue weighted by Crippen LogP contribution is -2.26. The SMILES string of the molecule is CCn1nc(C)c(C)c1/C(OCOC(=O)C(C)(C)CC)=C(\C#N)c1ccc(C(C)(C)C)cc1.CCn1nc(C)c(C)c1/C(OCOC(=O)C(F)(F)F)=C(\C#N)c1ccc(C(C)(C)C)cc1.CCn1nc(C)c(C)c1/C(OCOC(=O)Cc1ccccc1)=C(\C#N)c1ccc(C(C)(C)C)cc1.CCn1nc(C)c(C)c1/C(OCOC(=O)c1ccccc1)=C(\C#N)c1ccc(C(C)(C)C)cc1. The summed E-state index contributed by atoms with van der Waals surface area (Å²) < 4.78 is 88.5. The van der Waals surface area contributed by atoms with Crippen molar-refractivity contribution >= 4 is 69.2 Å². The predicted octanol–water partition coefficient (Wildman–Crippen LogP) is 23.5. The van der Waals surface area contributed by atoms with E-state index in [0.717, 1.165) is 67.3 Å². The molecule has 708 valence electrons. The van der Waals surface area contributed by atoms with Crippen LogP contribution in [-0.4, -0.2) is 96.3 Å². The Bertz CT molecular complexity index is 6070. The number of halogens is 3. The summed E-state index contributed by atoms with van der Waals surface area (Å²) in [6.45, 7) is 54.4. The number of esters is 4. The smallest absolute Gasteiger partial charge is 0.454 e. The zero-order valence-corrected chi connectivity index (χ0v) is 82.5. The molecule has 0 atom stereocenters. The molecular formula is C107H127F3N12O12. The molecule has 0 fully saturated rings. The third-order valence-corrected chi connectivity index (χ3v) is 22.8. The number of aryl methyl sites for hydroxylation is 8. The van der Waals surface area contributed by atoms with Crippen molar-refractivity contribution in [1.29, 1.82) is 21.0 Å². The number of rotatable bonds is 29. The Hall–Kier alpha value is -14.1. The maximum absolute atomic E-state index is 12.5. The van der Waals surface area contributed by atoms with Crippen molar-refractivity contribution in [3.05, 3.63) is 281 Å². The molecule has 0 unspecified atom stereocenters. The van der Waals surface area contributed by atoms with Gasteiger partial charge in [0.05, 0.1) is 40.2 Å². The first-order valence-corrected chi connectivity index (χ1v) is 44.5. The van der Waals surface area contributed by atoms with E-state index in [9.17, 15) is 53.4 Å². The van der Waals surface area contributed by atoms with Gasteiger partial charge in [-0.1, -0.05) is 236 Å². The summed E-state index contributed by atoms with van der Waals surface area (Å²) in [5.74, 6) is -2.56. The lowest BCUT2D eigenvalue weighted by molar-refractivity contribution is -0.206. The van der Waals surface area contributed by atoms with Crippen molar-refractivity contribution in [2.45, 2.75) is 254 Å². The Morgan fingerprint density at radius 3 is 0.806 bits per heavy atom. The van der Waals surface area contributed by atoms with Crippen LogP contribution in [0.3, 0.4) is 0 Å². The molecule has 10 aromatic rings. The van der Waals surface area contributed by atoms with E-state index in [1.807, 2.05) is 221 Å². The maximum Gasteiger partial charge on any atom is 0.491 e. The molecule has 0 bridgehead atoms. The van der Waals surface area contributed by atoms with Crippen molar-refractivity contribution < 1.29 is 70.2 Å². The highest BCUT2D eigenvalue weighted by Gasteiger charge is 2.41. The monoisotopic (exact) mass is 1830 g/mol. The minimum Gasteiger partial charge on any atom is -0.454 e. The minimum absolute atomic E-state index is 0.00317. The number of hydrogen-bond donors (Lipinski definition) is 0. The van der Waals surface area contributed by atoms with E-state index >= 15 is 0 Å². The predicted molar refractivity (Wildman–Crippen MR) is 514 cm³/mol. The van der Waals surface area contributed by atoms with Crippen LogP contribution in [0, 0.1) is 106 Å². The highest BCUT2D eigenvalue weighted by molar-refractivity contribution is 5.98. The van der Waals surface area contributed by atoms with E-state index in [-0.39, 0.29) is 65.8 Å². The zero-order valence-electron chi connectivity index (χ0n) is 82.5. The second-order valence-electron chi connectivity index (χ2n) is 36.7. The first kappa shape index (κ1) is 107. The molecule has 0 saturated heterocycles. The Balaban J connectivity index is 0.000000244. The van der Waals surface area contributed by atoms with E-state index in [2.05, 4.69) is 132 Å². The van der Waals surface area contributed by atoms with Gasteiger partial charge in [0.25, 0.3) is 0 Å². The van der Waals surface area contributed by atoms with Crippen LogP contribution in [0.15, 0.2) is 158 Å². The molecular weight excluding hydrogens is 1700 g/mol. The number of nitrogens with zero attached hydrogens (tertiary/aromatic N) is 12. The summed E-state index contributed by atoms with van der Waals surface area (Å²) in [6, 6.07) is 58.1. The molecule has 10 rings (SSSR count). The Kier molecular flexibility index (Phi) is 37.4. The molecule has 4 heterocycles. The van der Waals surface area contributed by atoms with E-state index < -0.39 is 36.3 Å². The molecule has 24 nitrogen and oxygen atoms in total. The molecule has 0 spiro atoms. The highest BCUT2D eigenvalue weighted by atomic mass is 19.4. The van der Waals surface area contributed by atoms with E-state index in [1.54, 1.807) is 59.6 Å². The van der Waals surface area contributed by atoms with Gasteiger partial charge in [-0.3, -0.25) is 28.3 Å². The zero-order chi connectivity index (χ0) is 99.7. The van der Waals surface area contributed by atoms with E-state index in [4.69, 9.17) is 33.2 Å². The Labute approximate surface area is 787 Å². The van der Waals surface area contributed by atoms with Crippen molar-refractivity contribution in [2.24, 2.45) is 5.41 Å². The normalized spacial score (nSPS) is 12.4. The Morgan fingerprint density at radius 2 is 0.567 bits per heavy atom. The van der Waals surface area contributed by atoms with Crippen molar-refractivity contribution in [1.82, 2.24) is 39.1 Å². The standard InChI is InChI=1S/C29H33N3O3.C28H31N3O3.C27H37N3O3.C23H26F3N3O3/c1-7-32-27(20(2)21(3)31-32)28(35-19-34-26(33)17-22-11-9-8-10-12-22)25(18-30)23-13-15-24(16-14-23)29(4,5)6;1-7-31-25(19(2)20(3)30-31)26(33-18-34-27(32)22-11-9-8-10-12-22)24(17-29)21-13-15-23(16-14-21)28(4,5)6;1-10-27(8,9)25(31)33-17-32-24(23-18(3)19(4)29-30(23)11-2)22(16-28)20-12-14-21(15-13-20)26(5,6)7;1-7-29-19(14(2)15(3)28-29)20(31-13-32-21(30)23(24,25)26)18(12-27)16-8-10-17(11-9-16)22(4,5)6/h8-16H,7,17,19H2,1-6H3;8-16H,7,18H2,1-6H3;12-15H,10-11,17H2,1-9H3;8-11H,7,13H2,1-6H3/b28-25-;26-24-;24-22-;20-18-. The molecule has 6 aromatic carbocycles. The third kappa shape index (κ3) is 27.8. The van der Waals surface area contributed by atoms with Crippen LogP contribution in [0.1, 0.15) is 266 Å². The number of allylic oxidation sites excluding steroid dienone is 4. The number of ether oxygens (including phenoxy) is 8. The van der Waals surface area contributed by atoms with Gasteiger partial charge in [-0.25, -0.2) is 9.59 Å². The van der Waals surface area contributed by atoms with Gasteiger partial charge in [0, 0.05) is 48.4 Å². The fourth-order valence-electron chi connectivity index (χ4n) is 13.8. The summed E-state index contributed by atoms with van der Waals surface area (Å²) in [5, 5.41) is 58.6. The minimum atomic E-state index is -5.15. The average molecular weight is 1830 g/mol. The van der Waals surface area contributed by atoms with Crippen LogP contribution >= 0.6 is 0 Å². The first-order chi connectivity index (χ1) is 63.0. The number of carbonyl (C=O) groups is 4. The second kappa shape index (κ2) is 46.8. The van der Waals surface area contributed by atoms with Gasteiger partial charge in [-0.2, -0.15) is 54.6 Å². The topological polar surface area (TPSA) is 309 Å². The van der Waals surface area contributed by atoms with E-state index in [1.165, 1.54) is 16.7 Å². The van der Waals surface area contributed by atoms with Gasteiger partial charge in [-0.05, 0) is 187 Å². The summed E-state index contributed by atoms with van der Waals surface area (Å²) in [7, 11) is 0. The molecule has 0 radical (unpaired) electrons. The molecule has 134 heavy (non-hydrogen) atoms. The summed E-state index contributed by atoms with van der Waals surface area (Å²) in [4.78, 5) is 48.3. The molecule has 0 aliphatic heterocycles. The molecule has 0 saturated carbocycles. The van der Waals surface area contributed by atoms with Crippen LogP contribution in [0.25, 0.3) is 45.3 Å². The third-order valence-electron chi connectivity index (χ3n) is 22.8. The number of carbonyl (C=O) groups excluding carboxylic acids is 4. The first-order valence-electron chi connectivity index (χ1n) is 44.5. The molecule has 27 heteroatoms. The van der Waals surface area contributed by atoms with Crippen LogP contribution in [0.4, 0.5) is 13.2 Å². The van der Waals surface area contributed by atoms with Crippen LogP contribution < -0.4 is 0 Å². The number of benzene rings is 6. The van der Waals surface area contributed by atoms with Gasteiger partial charge in [0.1, 0.15) is 69.3 Å². The second-order valence-corrected chi connectivity index (χ2v) is 36.7. The van der Waals surface area contributed by atoms with Crippen molar-refractivity contribution in [3.63, 3.8) is 0 Å². The number of alkyl halides is 3. The van der Waals surface area contributed by atoms with Gasteiger partial charge >= 0.3 is 30.1 Å². The lowest BCUT2D eigenvalue weighted by atomic mass is 9.86. The summed E-state index contributed by atoms with van der Waals surface area (Å²) in [6.07, 6.45) is -4.35. The van der Waals surface area contributed by atoms with Gasteiger partial charge in [0.15, 0.2) is 23.0 Å². The molecule has 0 N–H and O–H groups in total. The lowest BCUT2D eigenvalue weighted by Gasteiger charge is -2.22. The van der Waals surface area contributed by atoms with Crippen LogP contribution in [-0.2, 0) is 107 Å². The maximum atomic E-state index is 12.5. The molecule has 0 aliphatic rings.